The summed E-state index contributed by atoms with van der Waals surface area (Å²) in [6.45, 7) is 1.62. The highest BCUT2D eigenvalue weighted by Crippen LogP contribution is 2.26. The minimum absolute atomic E-state index is 0.0596. The fraction of sp³-hybridized carbons (Fsp3) is 0.476. The number of hydrogen-bond acceptors (Lipinski definition) is 8. The van der Waals surface area contributed by atoms with Crippen LogP contribution in [-0.4, -0.2) is 53.6 Å². The Labute approximate surface area is 181 Å². The van der Waals surface area contributed by atoms with Gasteiger partial charge in [0.05, 0.1) is 4.92 Å². The predicted molar refractivity (Wildman–Crippen MR) is 117 cm³/mol. The van der Waals surface area contributed by atoms with Gasteiger partial charge in [0.25, 0.3) is 5.91 Å². The van der Waals surface area contributed by atoms with Crippen molar-refractivity contribution >= 4 is 23.2 Å². The fourth-order valence-corrected chi connectivity index (χ4v) is 3.59. The maximum absolute atomic E-state index is 12.2. The second-order valence-electron chi connectivity index (χ2n) is 7.83. The molecule has 2 aromatic rings. The topological polar surface area (TPSA) is 123 Å². The van der Waals surface area contributed by atoms with Gasteiger partial charge in [-0.3, -0.25) is 14.9 Å². The average Bonchev–Trinajstić information content (AvgIpc) is 2.73. The number of hydrogen-bond donors (Lipinski definition) is 2. The number of anilines is 2. The Balaban J connectivity index is 1.45. The van der Waals surface area contributed by atoms with Gasteiger partial charge in [0.2, 0.25) is 0 Å². The lowest BCUT2D eigenvalue weighted by molar-refractivity contribution is -0.385. The lowest BCUT2D eigenvalue weighted by Crippen LogP contribution is -2.42. The minimum atomic E-state index is -0.526. The highest BCUT2D eigenvalue weighted by molar-refractivity contribution is 5.78. The van der Waals surface area contributed by atoms with Crippen molar-refractivity contribution in [1.29, 1.82) is 0 Å². The van der Waals surface area contributed by atoms with Gasteiger partial charge in [0, 0.05) is 38.3 Å². The number of amides is 1. The average molecular weight is 428 g/mol. The normalized spacial score (nSPS) is 18.2. The molecule has 1 amide bonds. The zero-order valence-corrected chi connectivity index (χ0v) is 18.0. The summed E-state index contributed by atoms with van der Waals surface area (Å²) in [7, 11) is 3.89. The molecule has 10 nitrogen and oxygen atoms in total. The summed E-state index contributed by atoms with van der Waals surface area (Å²) >= 11 is 0. The number of nitro benzene ring substituents is 1. The first-order chi connectivity index (χ1) is 14.8. The van der Waals surface area contributed by atoms with E-state index < -0.39 is 4.92 Å². The highest BCUT2D eigenvalue weighted by atomic mass is 16.6. The summed E-state index contributed by atoms with van der Waals surface area (Å²) in [6.07, 6.45) is 3.46. The lowest BCUT2D eigenvalue weighted by atomic mass is 9.91. The molecule has 1 fully saturated rings. The van der Waals surface area contributed by atoms with Crippen molar-refractivity contribution in [2.45, 2.75) is 44.7 Å². The molecular formula is C21H28N6O4. The zero-order valence-electron chi connectivity index (χ0n) is 18.0. The van der Waals surface area contributed by atoms with Crippen molar-refractivity contribution in [1.82, 2.24) is 15.3 Å². The van der Waals surface area contributed by atoms with Gasteiger partial charge in [-0.15, -0.1) is 0 Å². The number of nitrogens with zero attached hydrogens (tertiary/aromatic N) is 4. The summed E-state index contributed by atoms with van der Waals surface area (Å²) in [5.41, 5.74) is -0.153. The molecule has 2 N–H and O–H groups in total. The molecule has 0 bridgehead atoms. The summed E-state index contributed by atoms with van der Waals surface area (Å²) in [4.78, 5) is 33.5. The van der Waals surface area contributed by atoms with Gasteiger partial charge in [0.1, 0.15) is 17.5 Å². The van der Waals surface area contributed by atoms with E-state index in [2.05, 4.69) is 20.6 Å². The Morgan fingerprint density at radius 3 is 2.55 bits per heavy atom. The van der Waals surface area contributed by atoms with Crippen molar-refractivity contribution in [3.8, 4) is 5.75 Å². The van der Waals surface area contributed by atoms with E-state index in [1.807, 2.05) is 32.0 Å². The molecule has 10 heteroatoms. The largest absolute Gasteiger partial charge is 0.477 e. The van der Waals surface area contributed by atoms with Gasteiger partial charge in [-0.1, -0.05) is 12.1 Å². The third kappa shape index (κ3) is 6.27. The Morgan fingerprint density at radius 2 is 1.87 bits per heavy atom. The highest BCUT2D eigenvalue weighted by Gasteiger charge is 2.23. The minimum Gasteiger partial charge on any atom is -0.477 e. The molecule has 0 unspecified atom stereocenters. The quantitative estimate of drug-likeness (QED) is 0.486. The van der Waals surface area contributed by atoms with E-state index in [9.17, 15) is 14.9 Å². The zero-order chi connectivity index (χ0) is 22.4. The first kappa shape index (κ1) is 22.3. The van der Waals surface area contributed by atoms with Crippen LogP contribution in [0.15, 0.2) is 30.3 Å². The van der Waals surface area contributed by atoms with Crippen molar-refractivity contribution < 1.29 is 14.5 Å². The summed E-state index contributed by atoms with van der Waals surface area (Å²) in [5.74, 6) is 2.19. The van der Waals surface area contributed by atoms with Crippen molar-refractivity contribution in [2.75, 3.05) is 30.9 Å². The molecule has 0 spiro atoms. The first-order valence-corrected chi connectivity index (χ1v) is 10.3. The van der Waals surface area contributed by atoms with Gasteiger partial charge in [0.15, 0.2) is 12.4 Å². The number of aromatic nitrogens is 2. The van der Waals surface area contributed by atoms with Gasteiger partial charge in [-0.2, -0.15) is 0 Å². The molecule has 3 rings (SSSR count). The van der Waals surface area contributed by atoms with E-state index in [1.54, 1.807) is 12.1 Å². The Bertz CT molecular complexity index is 928. The number of aryl methyl sites for hydroxylation is 1. The SMILES string of the molecule is Cc1nc(NC2CCC(NC(=O)COc3ccccc3[N+](=O)[O-])CC2)cc(N(C)C)n1. The van der Waals surface area contributed by atoms with Crippen LogP contribution < -0.4 is 20.3 Å². The monoisotopic (exact) mass is 428 g/mol. The van der Waals surface area contributed by atoms with Crippen LogP contribution in [0, 0.1) is 17.0 Å². The molecule has 0 saturated heterocycles. The lowest BCUT2D eigenvalue weighted by Gasteiger charge is -2.30. The van der Waals surface area contributed by atoms with Crippen molar-refractivity contribution in [2.24, 2.45) is 0 Å². The smallest absolute Gasteiger partial charge is 0.310 e. The number of carbonyl (C=O) groups excluding carboxylic acids is 1. The summed E-state index contributed by atoms with van der Waals surface area (Å²) in [6, 6.07) is 8.30. The molecule has 0 radical (unpaired) electrons. The van der Waals surface area contributed by atoms with Gasteiger partial charge in [-0.25, -0.2) is 9.97 Å². The molecule has 166 valence electrons. The van der Waals surface area contributed by atoms with Crippen LogP contribution in [0.1, 0.15) is 31.5 Å². The number of carbonyl (C=O) groups is 1. The number of nitrogens with one attached hydrogen (secondary N) is 2. The molecule has 0 aliphatic heterocycles. The molecule has 1 aromatic heterocycles. The van der Waals surface area contributed by atoms with E-state index in [-0.39, 0.29) is 36.0 Å². The second-order valence-corrected chi connectivity index (χ2v) is 7.83. The number of benzene rings is 1. The molecule has 1 aliphatic carbocycles. The van der Waals surface area contributed by atoms with Gasteiger partial charge in [-0.05, 0) is 38.7 Å². The Morgan fingerprint density at radius 1 is 1.19 bits per heavy atom. The summed E-state index contributed by atoms with van der Waals surface area (Å²) in [5, 5.41) is 17.5. The van der Waals surface area contributed by atoms with E-state index >= 15 is 0 Å². The molecule has 1 saturated carbocycles. The number of nitro groups is 1. The number of para-hydroxylation sites is 2. The van der Waals surface area contributed by atoms with E-state index in [1.165, 1.54) is 12.1 Å². The van der Waals surface area contributed by atoms with E-state index in [0.717, 1.165) is 37.3 Å². The maximum atomic E-state index is 12.2. The summed E-state index contributed by atoms with van der Waals surface area (Å²) < 4.78 is 5.36. The third-order valence-electron chi connectivity index (χ3n) is 5.15. The van der Waals surface area contributed by atoms with Gasteiger partial charge < -0.3 is 20.3 Å². The van der Waals surface area contributed by atoms with Gasteiger partial charge >= 0.3 is 5.69 Å². The Kier molecular flexibility index (Phi) is 7.22. The van der Waals surface area contributed by atoms with Crippen LogP contribution >= 0.6 is 0 Å². The standard InChI is InChI=1S/C21H28N6O4/c1-14-22-19(12-20(23-14)26(2)3)24-15-8-10-16(11-9-15)25-21(28)13-31-18-7-5-4-6-17(18)27(29)30/h4-7,12,15-16H,8-11,13H2,1-3H3,(H,25,28)(H,22,23,24). The van der Waals surface area contributed by atoms with Crippen molar-refractivity contribution in [3.63, 3.8) is 0 Å². The molecular weight excluding hydrogens is 400 g/mol. The molecule has 1 aliphatic rings. The molecule has 0 atom stereocenters. The second kappa shape index (κ2) is 10.1. The molecule has 1 heterocycles. The van der Waals surface area contributed by atoms with Crippen LogP contribution in [0.25, 0.3) is 0 Å². The molecule has 31 heavy (non-hydrogen) atoms. The number of rotatable bonds is 8. The van der Waals surface area contributed by atoms with E-state index in [4.69, 9.17) is 4.74 Å². The third-order valence-corrected chi connectivity index (χ3v) is 5.15. The fourth-order valence-electron chi connectivity index (χ4n) is 3.59. The predicted octanol–water partition coefficient (Wildman–Crippen LogP) is 2.68. The molecule has 1 aromatic carbocycles. The Hall–Kier alpha value is -3.43. The first-order valence-electron chi connectivity index (χ1n) is 10.3. The van der Waals surface area contributed by atoms with Crippen LogP contribution in [-0.2, 0) is 4.79 Å². The van der Waals surface area contributed by atoms with Crippen molar-refractivity contribution in [3.05, 3.63) is 46.3 Å². The van der Waals surface area contributed by atoms with Crippen LogP contribution in [0.4, 0.5) is 17.3 Å². The maximum Gasteiger partial charge on any atom is 0.310 e. The van der Waals surface area contributed by atoms with Crippen LogP contribution in [0.2, 0.25) is 0 Å². The van der Waals surface area contributed by atoms with E-state index in [0.29, 0.717) is 5.82 Å². The van der Waals surface area contributed by atoms with Crippen LogP contribution in [0.3, 0.4) is 0 Å². The number of ether oxygens (including phenoxy) is 1. The van der Waals surface area contributed by atoms with Crippen LogP contribution in [0.5, 0.6) is 5.75 Å².